The van der Waals surface area contributed by atoms with Gasteiger partial charge in [0.25, 0.3) is 0 Å². The molecule has 168 valence electrons. The molecule has 2 N–H and O–H groups in total. The van der Waals surface area contributed by atoms with Crippen LogP contribution in [0.15, 0.2) is 54.7 Å². The molecule has 1 heterocycles. The molecule has 0 saturated heterocycles. The first kappa shape index (κ1) is 23.2. The van der Waals surface area contributed by atoms with Crippen molar-refractivity contribution in [1.82, 2.24) is 15.3 Å². The predicted molar refractivity (Wildman–Crippen MR) is 123 cm³/mol. The molecule has 7 heteroatoms. The normalized spacial score (nSPS) is 11.7. The van der Waals surface area contributed by atoms with E-state index in [0.717, 1.165) is 22.3 Å². The zero-order chi connectivity index (χ0) is 22.9. The molecule has 0 saturated carbocycles. The topological polar surface area (TPSA) is 93.6 Å². The number of hydrogen-bond donors (Lipinski definition) is 2. The average molecular weight is 436 g/mol. The van der Waals surface area contributed by atoms with Crippen LogP contribution in [0.5, 0.6) is 11.9 Å². The van der Waals surface area contributed by atoms with Crippen molar-refractivity contribution in [3.63, 3.8) is 0 Å². The van der Waals surface area contributed by atoms with Crippen LogP contribution in [0, 0.1) is 6.92 Å². The summed E-state index contributed by atoms with van der Waals surface area (Å²) in [6.45, 7) is 6.98. The van der Waals surface area contributed by atoms with Crippen LogP contribution in [-0.4, -0.2) is 33.7 Å². The zero-order valence-corrected chi connectivity index (χ0v) is 18.7. The van der Waals surface area contributed by atoms with Crippen molar-refractivity contribution in [2.45, 2.75) is 46.4 Å². The molecular weight excluding hydrogens is 406 g/mol. The third-order valence-electron chi connectivity index (χ3n) is 5.09. The molecule has 0 aliphatic heterocycles. The molecule has 2 aromatic carbocycles. The highest BCUT2D eigenvalue weighted by atomic mass is 16.5. The van der Waals surface area contributed by atoms with Gasteiger partial charge in [0.15, 0.2) is 0 Å². The number of nitrogens with one attached hydrogen (secondary N) is 1. The summed E-state index contributed by atoms with van der Waals surface area (Å²) in [7, 11) is 0. The number of aliphatic carboxylic acids is 1. The molecule has 0 aliphatic rings. The highest BCUT2D eigenvalue weighted by Crippen LogP contribution is 2.26. The van der Waals surface area contributed by atoms with Gasteiger partial charge in [0.1, 0.15) is 6.61 Å². The predicted octanol–water partition coefficient (Wildman–Crippen LogP) is 4.38. The van der Waals surface area contributed by atoms with Crippen molar-refractivity contribution in [2.75, 3.05) is 6.61 Å². The molecule has 3 aromatic rings. The molecular formula is C25H29N3O4. The number of carboxylic acids is 1. The lowest BCUT2D eigenvalue weighted by Crippen LogP contribution is -2.28. The maximum atomic E-state index is 10.8. The number of aromatic nitrogens is 2. The van der Waals surface area contributed by atoms with Gasteiger partial charge in [0.2, 0.25) is 5.88 Å². The van der Waals surface area contributed by atoms with Crippen LogP contribution in [0.4, 0.5) is 0 Å². The van der Waals surface area contributed by atoms with Gasteiger partial charge in [-0.3, -0.25) is 4.79 Å². The van der Waals surface area contributed by atoms with Gasteiger partial charge in [0.05, 0.1) is 13.0 Å². The minimum absolute atomic E-state index is 0.0351. The molecule has 7 nitrogen and oxygen atoms in total. The molecule has 1 atom stereocenters. The molecule has 0 radical (unpaired) electrons. The van der Waals surface area contributed by atoms with Gasteiger partial charge in [0, 0.05) is 24.3 Å². The molecule has 3 rings (SSSR count). The molecule has 0 aliphatic carbocycles. The Kier molecular flexibility index (Phi) is 8.16. The van der Waals surface area contributed by atoms with Crippen LogP contribution >= 0.6 is 0 Å². The van der Waals surface area contributed by atoms with Crippen LogP contribution in [0.2, 0.25) is 0 Å². The summed E-state index contributed by atoms with van der Waals surface area (Å²) in [5.74, 6) is -0.413. The maximum Gasteiger partial charge on any atom is 0.320 e. The Morgan fingerprint density at radius 2 is 1.88 bits per heavy atom. The third-order valence-corrected chi connectivity index (χ3v) is 5.09. The van der Waals surface area contributed by atoms with Crippen LogP contribution in [0.3, 0.4) is 0 Å². The van der Waals surface area contributed by atoms with Crippen molar-refractivity contribution >= 4 is 5.97 Å². The molecule has 0 amide bonds. The summed E-state index contributed by atoms with van der Waals surface area (Å²) in [6.07, 6.45) is 1.69. The second-order valence-electron chi connectivity index (χ2n) is 7.54. The van der Waals surface area contributed by atoms with Crippen molar-refractivity contribution < 1.29 is 19.4 Å². The summed E-state index contributed by atoms with van der Waals surface area (Å²) >= 11 is 0. The number of carbonyl (C=O) groups is 1. The van der Waals surface area contributed by atoms with Gasteiger partial charge < -0.3 is 19.9 Å². The van der Waals surface area contributed by atoms with E-state index in [1.807, 2.05) is 44.2 Å². The Hall–Kier alpha value is -3.45. The summed E-state index contributed by atoms with van der Waals surface area (Å²) in [5.41, 5.74) is 5.28. The average Bonchev–Trinajstić information content (AvgIpc) is 2.78. The van der Waals surface area contributed by atoms with E-state index in [1.165, 1.54) is 5.56 Å². The van der Waals surface area contributed by atoms with Gasteiger partial charge in [-0.2, -0.15) is 4.98 Å². The van der Waals surface area contributed by atoms with E-state index in [1.54, 1.807) is 6.20 Å². The van der Waals surface area contributed by atoms with Crippen LogP contribution in [0.1, 0.15) is 37.0 Å². The Bertz CT molecular complexity index is 1040. The standard InChI is InChI=1S/C25H29N3O4/c1-4-31-24-21(14-26-17(2)13-23(29)30)15-27-25(28-24)32-16-20-11-8-12-22(18(20)3)19-9-6-5-7-10-19/h5-12,15,17,26H,4,13-14,16H2,1-3H3,(H,29,30). The fourth-order valence-electron chi connectivity index (χ4n) is 3.36. The lowest BCUT2D eigenvalue weighted by molar-refractivity contribution is -0.137. The number of hydrogen-bond acceptors (Lipinski definition) is 6. The summed E-state index contributed by atoms with van der Waals surface area (Å²) in [5, 5.41) is 12.1. The quantitative estimate of drug-likeness (QED) is 0.461. The lowest BCUT2D eigenvalue weighted by Gasteiger charge is -2.15. The fourth-order valence-corrected chi connectivity index (χ4v) is 3.36. The molecule has 1 unspecified atom stereocenters. The second-order valence-corrected chi connectivity index (χ2v) is 7.54. The van der Waals surface area contributed by atoms with Crippen molar-refractivity contribution in [3.8, 4) is 23.0 Å². The highest BCUT2D eigenvalue weighted by molar-refractivity contribution is 5.68. The summed E-state index contributed by atoms with van der Waals surface area (Å²) in [6, 6.07) is 16.5. The number of rotatable bonds is 11. The van der Waals surface area contributed by atoms with Gasteiger partial charge >= 0.3 is 12.0 Å². The number of nitrogens with zero attached hydrogens (tertiary/aromatic N) is 2. The summed E-state index contributed by atoms with van der Waals surface area (Å²) < 4.78 is 11.5. The smallest absolute Gasteiger partial charge is 0.320 e. The van der Waals surface area contributed by atoms with E-state index in [4.69, 9.17) is 14.6 Å². The SMILES string of the molecule is CCOc1nc(OCc2cccc(-c3ccccc3)c2C)ncc1CNC(C)CC(=O)O. The van der Waals surface area contributed by atoms with Crippen molar-refractivity contribution in [3.05, 3.63) is 71.4 Å². The first-order chi connectivity index (χ1) is 15.5. The molecule has 1 aromatic heterocycles. The third kappa shape index (κ3) is 6.28. The highest BCUT2D eigenvalue weighted by Gasteiger charge is 2.13. The minimum Gasteiger partial charge on any atom is -0.481 e. The monoisotopic (exact) mass is 435 g/mol. The molecule has 0 bridgehead atoms. The Morgan fingerprint density at radius 3 is 2.59 bits per heavy atom. The van der Waals surface area contributed by atoms with Crippen LogP contribution in [0.25, 0.3) is 11.1 Å². The number of ether oxygens (including phenoxy) is 2. The minimum atomic E-state index is -0.846. The second kappa shape index (κ2) is 11.2. The van der Waals surface area contributed by atoms with E-state index in [0.29, 0.717) is 25.6 Å². The lowest BCUT2D eigenvalue weighted by atomic mass is 9.97. The van der Waals surface area contributed by atoms with E-state index in [-0.39, 0.29) is 18.5 Å². The Labute approximate surface area is 188 Å². The first-order valence-corrected chi connectivity index (χ1v) is 10.7. The fraction of sp³-hybridized carbons (Fsp3) is 0.320. The maximum absolute atomic E-state index is 10.8. The number of benzene rings is 2. The summed E-state index contributed by atoms with van der Waals surface area (Å²) in [4.78, 5) is 19.6. The molecule has 0 spiro atoms. The van der Waals surface area contributed by atoms with Crippen molar-refractivity contribution in [1.29, 1.82) is 0 Å². The van der Waals surface area contributed by atoms with Gasteiger partial charge in [-0.15, -0.1) is 0 Å². The van der Waals surface area contributed by atoms with E-state index in [9.17, 15) is 4.79 Å². The van der Waals surface area contributed by atoms with Crippen LogP contribution in [-0.2, 0) is 17.9 Å². The van der Waals surface area contributed by atoms with E-state index < -0.39 is 5.97 Å². The van der Waals surface area contributed by atoms with Gasteiger partial charge in [-0.05, 0) is 43.0 Å². The largest absolute Gasteiger partial charge is 0.481 e. The zero-order valence-electron chi connectivity index (χ0n) is 18.7. The van der Waals surface area contributed by atoms with Crippen molar-refractivity contribution in [2.24, 2.45) is 0 Å². The Morgan fingerprint density at radius 1 is 1.09 bits per heavy atom. The van der Waals surface area contributed by atoms with Gasteiger partial charge in [-0.25, -0.2) is 4.98 Å². The van der Waals surface area contributed by atoms with E-state index >= 15 is 0 Å². The van der Waals surface area contributed by atoms with Gasteiger partial charge in [-0.1, -0.05) is 48.5 Å². The van der Waals surface area contributed by atoms with Crippen LogP contribution < -0.4 is 14.8 Å². The molecule has 0 fully saturated rings. The first-order valence-electron chi connectivity index (χ1n) is 10.7. The Balaban J connectivity index is 1.70. The molecule has 32 heavy (non-hydrogen) atoms. The number of carboxylic acid groups (broad SMARTS) is 1. The van der Waals surface area contributed by atoms with E-state index in [2.05, 4.69) is 40.4 Å².